The summed E-state index contributed by atoms with van der Waals surface area (Å²) < 4.78 is 19.5. The molecule has 2 saturated heterocycles. The third kappa shape index (κ3) is 4.31. The maximum absolute atomic E-state index is 13.5. The van der Waals surface area contributed by atoms with Crippen LogP contribution in [0.2, 0.25) is 0 Å². The average Bonchev–Trinajstić information content (AvgIpc) is 3.04. The Morgan fingerprint density at radius 1 is 1.15 bits per heavy atom. The van der Waals surface area contributed by atoms with Crippen LogP contribution < -0.4 is 0 Å². The van der Waals surface area contributed by atoms with E-state index in [1.807, 2.05) is 12.1 Å². The molecule has 0 saturated carbocycles. The van der Waals surface area contributed by atoms with Crippen LogP contribution in [0.4, 0.5) is 4.39 Å². The van der Waals surface area contributed by atoms with Gasteiger partial charge in [0.2, 0.25) is 0 Å². The molecular formula is C20H27FN4O. The van der Waals surface area contributed by atoms with Crippen molar-refractivity contribution in [2.24, 2.45) is 5.41 Å². The molecule has 0 amide bonds. The van der Waals surface area contributed by atoms with E-state index in [-0.39, 0.29) is 11.2 Å². The van der Waals surface area contributed by atoms with Crippen molar-refractivity contribution in [3.63, 3.8) is 0 Å². The molecule has 0 radical (unpaired) electrons. The van der Waals surface area contributed by atoms with Gasteiger partial charge in [0.1, 0.15) is 5.82 Å². The number of benzene rings is 1. The van der Waals surface area contributed by atoms with Crippen molar-refractivity contribution >= 4 is 0 Å². The van der Waals surface area contributed by atoms with Gasteiger partial charge in [0.05, 0.1) is 13.2 Å². The van der Waals surface area contributed by atoms with Crippen LogP contribution in [-0.2, 0) is 17.8 Å². The molecule has 2 fully saturated rings. The lowest BCUT2D eigenvalue weighted by Gasteiger charge is -2.43. The van der Waals surface area contributed by atoms with Crippen LogP contribution in [0.1, 0.15) is 24.1 Å². The number of hydrogen-bond acceptors (Lipinski definition) is 4. The van der Waals surface area contributed by atoms with Gasteiger partial charge in [-0.25, -0.2) is 4.39 Å². The second-order valence-corrected chi connectivity index (χ2v) is 7.79. The molecule has 0 bridgehead atoms. The highest BCUT2D eigenvalue weighted by Gasteiger charge is 2.38. The Balaban J connectivity index is 1.43. The zero-order valence-electron chi connectivity index (χ0n) is 15.2. The van der Waals surface area contributed by atoms with Gasteiger partial charge in [-0.05, 0) is 43.1 Å². The Morgan fingerprint density at radius 2 is 2.04 bits per heavy atom. The fourth-order valence-electron chi connectivity index (χ4n) is 4.42. The molecule has 1 spiro atoms. The van der Waals surface area contributed by atoms with Crippen LogP contribution in [0.15, 0.2) is 36.5 Å². The van der Waals surface area contributed by atoms with Crippen LogP contribution in [0.3, 0.4) is 0 Å². The largest absolute Gasteiger partial charge is 0.379 e. The summed E-state index contributed by atoms with van der Waals surface area (Å²) in [6, 6.07) is 9.00. The number of aromatic amines is 1. The number of likely N-dealkylation sites (tertiary alicyclic amines) is 1. The van der Waals surface area contributed by atoms with Crippen molar-refractivity contribution in [3.05, 3.63) is 53.6 Å². The van der Waals surface area contributed by atoms with Gasteiger partial charge in [-0.1, -0.05) is 12.1 Å². The lowest BCUT2D eigenvalue weighted by atomic mass is 9.80. The Hall–Kier alpha value is -1.76. The molecule has 5 nitrogen and oxygen atoms in total. The lowest BCUT2D eigenvalue weighted by molar-refractivity contribution is 0.00240. The van der Waals surface area contributed by atoms with Crippen LogP contribution in [0.25, 0.3) is 0 Å². The topological polar surface area (TPSA) is 44.4 Å². The number of nitrogens with zero attached hydrogens (tertiary/aromatic N) is 3. The van der Waals surface area contributed by atoms with E-state index in [0.29, 0.717) is 0 Å². The Morgan fingerprint density at radius 3 is 2.85 bits per heavy atom. The normalized spacial score (nSPS) is 25.4. The van der Waals surface area contributed by atoms with Gasteiger partial charge in [-0.2, -0.15) is 5.10 Å². The fraction of sp³-hybridized carbons (Fsp3) is 0.550. The van der Waals surface area contributed by atoms with Crippen molar-refractivity contribution in [2.45, 2.75) is 25.9 Å². The molecule has 6 heteroatoms. The first-order chi connectivity index (χ1) is 12.7. The predicted molar refractivity (Wildman–Crippen MR) is 98.0 cm³/mol. The molecule has 1 aromatic carbocycles. The highest BCUT2D eigenvalue weighted by atomic mass is 19.1. The molecule has 0 aliphatic carbocycles. The van der Waals surface area contributed by atoms with E-state index in [2.05, 4.69) is 20.0 Å². The SMILES string of the molecule is Fc1cccc(CN2CCC[C@@]3(COCCN(Cc4ccn[nH]4)C3)C2)c1. The number of H-pyrrole nitrogens is 1. The standard InChI is InChI=1S/C20H27FN4O/c21-18-4-1-3-17(11-18)12-24-8-2-6-20(14-24)15-25(9-10-26-16-20)13-19-5-7-22-23-19/h1,3-5,7,11H,2,6,8-10,12-16H2,(H,22,23)/t20-/m1/s1. The van der Waals surface area contributed by atoms with Gasteiger partial charge in [0, 0.05) is 50.0 Å². The fourth-order valence-corrected chi connectivity index (χ4v) is 4.42. The van der Waals surface area contributed by atoms with Crippen LogP contribution >= 0.6 is 0 Å². The minimum atomic E-state index is -0.155. The molecule has 2 aliphatic heterocycles. The molecular weight excluding hydrogens is 331 g/mol. The third-order valence-corrected chi connectivity index (χ3v) is 5.51. The first-order valence-electron chi connectivity index (χ1n) is 9.46. The number of ether oxygens (including phenoxy) is 1. The monoisotopic (exact) mass is 358 g/mol. The Bertz CT molecular complexity index is 708. The zero-order chi connectivity index (χ0) is 17.8. The maximum atomic E-state index is 13.5. The summed E-state index contributed by atoms with van der Waals surface area (Å²) in [5.74, 6) is -0.155. The Kier molecular flexibility index (Phi) is 5.33. The number of hydrogen-bond donors (Lipinski definition) is 1. The smallest absolute Gasteiger partial charge is 0.123 e. The van der Waals surface area contributed by atoms with E-state index in [0.717, 1.165) is 70.2 Å². The molecule has 1 N–H and O–H groups in total. The first-order valence-corrected chi connectivity index (χ1v) is 9.46. The number of rotatable bonds is 4. The molecule has 26 heavy (non-hydrogen) atoms. The number of halogens is 1. The Labute approximate surface area is 154 Å². The van der Waals surface area contributed by atoms with E-state index in [4.69, 9.17) is 4.74 Å². The summed E-state index contributed by atoms with van der Waals surface area (Å²) in [7, 11) is 0. The zero-order valence-corrected chi connectivity index (χ0v) is 15.2. The number of aromatic nitrogens is 2. The van der Waals surface area contributed by atoms with Gasteiger partial charge in [-0.3, -0.25) is 14.9 Å². The molecule has 1 atom stereocenters. The third-order valence-electron chi connectivity index (χ3n) is 5.51. The van der Waals surface area contributed by atoms with Crippen LogP contribution in [-0.4, -0.2) is 59.4 Å². The van der Waals surface area contributed by atoms with Crippen molar-refractivity contribution in [2.75, 3.05) is 39.4 Å². The summed E-state index contributed by atoms with van der Waals surface area (Å²) in [5.41, 5.74) is 2.35. The highest BCUT2D eigenvalue weighted by Crippen LogP contribution is 2.34. The molecule has 4 rings (SSSR count). The van der Waals surface area contributed by atoms with Gasteiger partial charge >= 0.3 is 0 Å². The van der Waals surface area contributed by atoms with Crippen molar-refractivity contribution in [1.82, 2.24) is 20.0 Å². The second kappa shape index (κ2) is 7.86. The van der Waals surface area contributed by atoms with E-state index >= 15 is 0 Å². The predicted octanol–water partition coefficient (Wildman–Crippen LogP) is 2.66. The van der Waals surface area contributed by atoms with Gasteiger partial charge in [-0.15, -0.1) is 0 Å². The van der Waals surface area contributed by atoms with Gasteiger partial charge < -0.3 is 4.74 Å². The number of piperidine rings is 1. The van der Waals surface area contributed by atoms with Gasteiger partial charge in [0.25, 0.3) is 0 Å². The summed E-state index contributed by atoms with van der Waals surface area (Å²) in [6.07, 6.45) is 4.16. The molecule has 3 heterocycles. The molecule has 140 valence electrons. The molecule has 1 aromatic heterocycles. The van der Waals surface area contributed by atoms with Gasteiger partial charge in [0.15, 0.2) is 0 Å². The first kappa shape index (κ1) is 17.6. The maximum Gasteiger partial charge on any atom is 0.123 e. The summed E-state index contributed by atoms with van der Waals surface area (Å²) in [6.45, 7) is 7.33. The minimum Gasteiger partial charge on any atom is -0.379 e. The van der Waals surface area contributed by atoms with E-state index in [1.54, 1.807) is 18.3 Å². The lowest BCUT2D eigenvalue weighted by Crippen LogP contribution is -2.50. The summed E-state index contributed by atoms with van der Waals surface area (Å²) >= 11 is 0. The summed E-state index contributed by atoms with van der Waals surface area (Å²) in [5, 5.41) is 7.12. The highest BCUT2D eigenvalue weighted by molar-refractivity contribution is 5.16. The second-order valence-electron chi connectivity index (χ2n) is 7.79. The van der Waals surface area contributed by atoms with Crippen LogP contribution in [0.5, 0.6) is 0 Å². The van der Waals surface area contributed by atoms with E-state index in [1.165, 1.54) is 12.5 Å². The summed E-state index contributed by atoms with van der Waals surface area (Å²) in [4.78, 5) is 4.94. The van der Waals surface area contributed by atoms with Crippen molar-refractivity contribution in [1.29, 1.82) is 0 Å². The van der Waals surface area contributed by atoms with Crippen molar-refractivity contribution in [3.8, 4) is 0 Å². The molecule has 2 aromatic rings. The molecule has 0 unspecified atom stereocenters. The van der Waals surface area contributed by atoms with Crippen molar-refractivity contribution < 1.29 is 9.13 Å². The molecule has 2 aliphatic rings. The average molecular weight is 358 g/mol. The van der Waals surface area contributed by atoms with E-state index < -0.39 is 0 Å². The minimum absolute atomic E-state index is 0.155. The van der Waals surface area contributed by atoms with Crippen LogP contribution in [0, 0.1) is 11.2 Å². The quantitative estimate of drug-likeness (QED) is 0.913. The van der Waals surface area contributed by atoms with E-state index in [9.17, 15) is 4.39 Å². The number of nitrogens with one attached hydrogen (secondary N) is 1.